The van der Waals surface area contributed by atoms with Crippen LogP contribution in [0.4, 0.5) is 0 Å². The molecule has 1 atom stereocenters. The molecule has 1 aromatic rings. The van der Waals surface area contributed by atoms with E-state index in [-0.39, 0.29) is 11.8 Å². The average molecular weight is 265 g/mol. The van der Waals surface area contributed by atoms with Crippen molar-refractivity contribution in [2.75, 3.05) is 0 Å². The maximum Gasteiger partial charge on any atom is 0.0406 e. The quantitative estimate of drug-likeness (QED) is 0.781. The van der Waals surface area contributed by atoms with Gasteiger partial charge in [0.15, 0.2) is 0 Å². The molecule has 2 nitrogen and oxygen atoms in total. The Morgan fingerprint density at radius 1 is 1.17 bits per heavy atom. The largest absolute Gasteiger partial charge is 0.402 e. The molecule has 98 valence electrons. The number of benzene rings is 1. The van der Waals surface area contributed by atoms with Crippen molar-refractivity contribution >= 4 is 17.3 Å². The van der Waals surface area contributed by atoms with E-state index in [4.69, 9.17) is 22.7 Å². The van der Waals surface area contributed by atoms with E-state index in [1.807, 2.05) is 45.0 Å². The molecule has 0 amide bonds. The summed E-state index contributed by atoms with van der Waals surface area (Å²) in [6.45, 7) is 7.96. The molecule has 0 fully saturated rings. The molecule has 0 saturated carbocycles. The lowest BCUT2D eigenvalue weighted by molar-refractivity contribution is 0.830. The molecule has 0 aliphatic rings. The van der Waals surface area contributed by atoms with Crippen LogP contribution >= 0.6 is 11.6 Å². The molecule has 0 aromatic heterocycles. The summed E-state index contributed by atoms with van der Waals surface area (Å²) in [5.41, 5.74) is 9.34. The molecule has 0 saturated heterocycles. The molecule has 0 bridgehead atoms. The van der Waals surface area contributed by atoms with Crippen LogP contribution in [0.2, 0.25) is 5.02 Å². The first-order valence-corrected chi connectivity index (χ1v) is 6.53. The smallest absolute Gasteiger partial charge is 0.0406 e. The first-order chi connectivity index (χ1) is 8.34. The Kier molecular flexibility index (Phi) is 4.97. The van der Waals surface area contributed by atoms with Crippen molar-refractivity contribution in [3.05, 3.63) is 46.1 Å². The zero-order valence-electron chi connectivity index (χ0n) is 11.4. The highest BCUT2D eigenvalue weighted by Crippen LogP contribution is 2.28. The zero-order chi connectivity index (χ0) is 13.9. The SMILES string of the molecule is CC(N)=C(C(=N)C(C)C)C(C)c1ccc(Cl)cc1. The monoisotopic (exact) mass is 264 g/mol. The van der Waals surface area contributed by atoms with Crippen molar-refractivity contribution in [1.82, 2.24) is 0 Å². The minimum Gasteiger partial charge on any atom is -0.402 e. The Bertz CT molecular complexity index is 454. The first-order valence-electron chi connectivity index (χ1n) is 6.15. The van der Waals surface area contributed by atoms with Crippen LogP contribution in [0.3, 0.4) is 0 Å². The number of halogens is 1. The van der Waals surface area contributed by atoms with Gasteiger partial charge in [0.05, 0.1) is 0 Å². The van der Waals surface area contributed by atoms with E-state index >= 15 is 0 Å². The second-order valence-electron chi connectivity index (χ2n) is 4.94. The maximum atomic E-state index is 8.19. The predicted molar refractivity (Wildman–Crippen MR) is 79.3 cm³/mol. The van der Waals surface area contributed by atoms with Crippen molar-refractivity contribution in [3.63, 3.8) is 0 Å². The lowest BCUT2D eigenvalue weighted by atomic mass is 9.85. The third-order valence-electron chi connectivity index (χ3n) is 3.10. The standard InChI is InChI=1S/C15H21ClN2/c1-9(2)15(18)14(11(4)17)10(3)12-5-7-13(16)8-6-12/h5-10,18H,17H2,1-4H3. The molecular weight excluding hydrogens is 244 g/mol. The first kappa shape index (κ1) is 14.8. The topological polar surface area (TPSA) is 49.9 Å². The molecule has 0 radical (unpaired) electrons. The van der Waals surface area contributed by atoms with Crippen molar-refractivity contribution < 1.29 is 0 Å². The molecule has 0 aliphatic heterocycles. The van der Waals surface area contributed by atoms with E-state index in [0.29, 0.717) is 5.71 Å². The van der Waals surface area contributed by atoms with Crippen LogP contribution in [0.1, 0.15) is 39.2 Å². The summed E-state index contributed by atoms with van der Waals surface area (Å²) in [6.07, 6.45) is 0. The van der Waals surface area contributed by atoms with Gasteiger partial charge in [-0.2, -0.15) is 0 Å². The van der Waals surface area contributed by atoms with E-state index in [0.717, 1.165) is 21.9 Å². The summed E-state index contributed by atoms with van der Waals surface area (Å²) < 4.78 is 0. The minimum atomic E-state index is 0.113. The summed E-state index contributed by atoms with van der Waals surface area (Å²) in [4.78, 5) is 0. The predicted octanol–water partition coefficient (Wildman–Crippen LogP) is 4.35. The van der Waals surface area contributed by atoms with Crippen LogP contribution in [-0.2, 0) is 0 Å². The molecular formula is C15H21ClN2. The van der Waals surface area contributed by atoms with Gasteiger partial charge in [-0.1, -0.05) is 44.5 Å². The van der Waals surface area contributed by atoms with Gasteiger partial charge in [0.2, 0.25) is 0 Å². The molecule has 18 heavy (non-hydrogen) atoms. The molecule has 0 aliphatic carbocycles. The summed E-state index contributed by atoms with van der Waals surface area (Å²) in [5, 5.41) is 8.91. The van der Waals surface area contributed by atoms with E-state index in [9.17, 15) is 0 Å². The average Bonchev–Trinajstić information content (AvgIpc) is 2.29. The Balaban J connectivity index is 3.13. The van der Waals surface area contributed by atoms with Crippen LogP contribution in [0.15, 0.2) is 35.5 Å². The fourth-order valence-electron chi connectivity index (χ4n) is 2.02. The van der Waals surface area contributed by atoms with Gasteiger partial charge in [-0.3, -0.25) is 0 Å². The van der Waals surface area contributed by atoms with Crippen LogP contribution in [0, 0.1) is 11.3 Å². The summed E-state index contributed by atoms with van der Waals surface area (Å²) in [7, 11) is 0. The lowest BCUT2D eigenvalue weighted by Gasteiger charge is -2.21. The van der Waals surface area contributed by atoms with Crippen molar-refractivity contribution in [3.8, 4) is 0 Å². The van der Waals surface area contributed by atoms with E-state index < -0.39 is 0 Å². The number of nitrogens with one attached hydrogen (secondary N) is 1. The molecule has 3 N–H and O–H groups in total. The number of hydrogen-bond acceptors (Lipinski definition) is 2. The Hall–Kier alpha value is -1.28. The van der Waals surface area contributed by atoms with Crippen molar-refractivity contribution in [2.45, 2.75) is 33.6 Å². The van der Waals surface area contributed by atoms with Gasteiger partial charge in [0, 0.05) is 22.3 Å². The highest BCUT2D eigenvalue weighted by molar-refractivity contribution is 6.30. The minimum absolute atomic E-state index is 0.113. The van der Waals surface area contributed by atoms with E-state index in [2.05, 4.69) is 6.92 Å². The summed E-state index contributed by atoms with van der Waals surface area (Å²) in [5.74, 6) is 0.287. The number of allylic oxidation sites excluding steroid dienone is 2. The number of nitrogens with two attached hydrogens (primary N) is 1. The van der Waals surface area contributed by atoms with Gasteiger partial charge >= 0.3 is 0 Å². The van der Waals surface area contributed by atoms with Gasteiger partial charge in [-0.25, -0.2) is 0 Å². The third kappa shape index (κ3) is 3.36. The number of rotatable bonds is 4. The second-order valence-corrected chi connectivity index (χ2v) is 5.37. The zero-order valence-corrected chi connectivity index (χ0v) is 12.2. The van der Waals surface area contributed by atoms with Crippen LogP contribution in [0.25, 0.3) is 0 Å². The van der Waals surface area contributed by atoms with Gasteiger partial charge < -0.3 is 11.1 Å². The second kappa shape index (κ2) is 6.05. The molecule has 0 spiro atoms. The highest BCUT2D eigenvalue weighted by Gasteiger charge is 2.19. The van der Waals surface area contributed by atoms with Gasteiger partial charge in [-0.15, -0.1) is 0 Å². The third-order valence-corrected chi connectivity index (χ3v) is 3.35. The molecule has 1 unspecified atom stereocenters. The van der Waals surface area contributed by atoms with Gasteiger partial charge in [-0.05, 0) is 36.1 Å². The van der Waals surface area contributed by atoms with Crippen LogP contribution in [-0.4, -0.2) is 5.71 Å². The number of hydrogen-bond donors (Lipinski definition) is 2. The Morgan fingerprint density at radius 2 is 1.67 bits per heavy atom. The molecule has 1 aromatic carbocycles. The normalized spacial score (nSPS) is 14.3. The van der Waals surface area contributed by atoms with Gasteiger partial charge in [0.25, 0.3) is 0 Å². The van der Waals surface area contributed by atoms with E-state index in [1.54, 1.807) is 0 Å². The molecule has 3 heteroatoms. The Labute approximate surface area is 114 Å². The van der Waals surface area contributed by atoms with Crippen molar-refractivity contribution in [2.24, 2.45) is 11.7 Å². The van der Waals surface area contributed by atoms with Crippen LogP contribution in [0.5, 0.6) is 0 Å². The summed E-state index contributed by atoms with van der Waals surface area (Å²) in [6, 6.07) is 7.72. The fraction of sp³-hybridized carbons (Fsp3) is 0.400. The van der Waals surface area contributed by atoms with Crippen LogP contribution < -0.4 is 5.73 Å². The maximum absolute atomic E-state index is 8.19. The Morgan fingerprint density at radius 3 is 2.06 bits per heavy atom. The summed E-state index contributed by atoms with van der Waals surface area (Å²) >= 11 is 5.89. The molecule has 0 heterocycles. The fourth-order valence-corrected chi connectivity index (χ4v) is 2.14. The molecule has 1 rings (SSSR count). The van der Waals surface area contributed by atoms with Gasteiger partial charge in [0.1, 0.15) is 0 Å². The van der Waals surface area contributed by atoms with E-state index in [1.165, 1.54) is 0 Å². The lowest BCUT2D eigenvalue weighted by Crippen LogP contribution is -2.18. The highest BCUT2D eigenvalue weighted by atomic mass is 35.5. The van der Waals surface area contributed by atoms with Crippen molar-refractivity contribution in [1.29, 1.82) is 5.41 Å².